The van der Waals surface area contributed by atoms with Gasteiger partial charge >= 0.3 is 0 Å². The number of nitriles is 1. The molecule has 0 atom stereocenters. The van der Waals surface area contributed by atoms with E-state index in [1.165, 1.54) is 6.07 Å². The second-order valence-corrected chi connectivity index (χ2v) is 3.19. The van der Waals surface area contributed by atoms with Gasteiger partial charge in [0.1, 0.15) is 6.07 Å². The fraction of sp³-hybridized carbons (Fsp3) is 0.111. The molecule has 1 N–H and O–H groups in total. The number of hydrogen-bond acceptors (Lipinski definition) is 2. The zero-order valence-electron chi connectivity index (χ0n) is 6.60. The van der Waals surface area contributed by atoms with Crippen LogP contribution < -0.4 is 5.32 Å². The molecule has 2 rings (SSSR count). The summed E-state index contributed by atoms with van der Waals surface area (Å²) in [6.07, 6.45) is 0. The molecule has 0 saturated heterocycles. The average molecular weight is 193 g/mol. The molecule has 0 unspecified atom stereocenters. The molecule has 1 heterocycles. The summed E-state index contributed by atoms with van der Waals surface area (Å²) in [6, 6.07) is 5.12. The predicted molar refractivity (Wildman–Crippen MR) is 47.3 cm³/mol. The molecule has 1 aromatic carbocycles. The molecule has 0 spiro atoms. The maximum atomic E-state index is 11.2. The van der Waals surface area contributed by atoms with Crippen LogP contribution in [0.25, 0.3) is 0 Å². The Labute approximate surface area is 79.9 Å². The highest BCUT2D eigenvalue weighted by atomic mass is 35.5. The van der Waals surface area contributed by atoms with Crippen molar-refractivity contribution in [2.75, 3.05) is 0 Å². The Balaban J connectivity index is 2.66. The molecule has 0 fully saturated rings. The molecule has 13 heavy (non-hydrogen) atoms. The summed E-state index contributed by atoms with van der Waals surface area (Å²) in [5.41, 5.74) is 1.76. The van der Waals surface area contributed by atoms with E-state index in [-0.39, 0.29) is 5.91 Å². The van der Waals surface area contributed by atoms with Crippen LogP contribution in [0.2, 0.25) is 5.02 Å². The molecule has 3 nitrogen and oxygen atoms in total. The van der Waals surface area contributed by atoms with E-state index in [1.54, 1.807) is 6.07 Å². The van der Waals surface area contributed by atoms with Gasteiger partial charge in [-0.05, 0) is 17.7 Å². The third kappa shape index (κ3) is 1.16. The number of amides is 1. The molecule has 1 aliphatic heterocycles. The minimum atomic E-state index is -0.136. The summed E-state index contributed by atoms with van der Waals surface area (Å²) in [5, 5.41) is 11.7. The second-order valence-electron chi connectivity index (χ2n) is 2.78. The maximum Gasteiger partial charge on any atom is 0.251 e. The van der Waals surface area contributed by atoms with E-state index >= 15 is 0 Å². The van der Waals surface area contributed by atoms with Gasteiger partial charge in [0, 0.05) is 12.1 Å². The van der Waals surface area contributed by atoms with Crippen molar-refractivity contribution < 1.29 is 4.79 Å². The zero-order chi connectivity index (χ0) is 9.42. The molecule has 0 aliphatic carbocycles. The summed E-state index contributed by atoms with van der Waals surface area (Å²) in [4.78, 5) is 11.2. The van der Waals surface area contributed by atoms with Crippen LogP contribution in [0.4, 0.5) is 0 Å². The van der Waals surface area contributed by atoms with Crippen molar-refractivity contribution in [2.24, 2.45) is 0 Å². The number of hydrogen-bond donors (Lipinski definition) is 1. The summed E-state index contributed by atoms with van der Waals surface area (Å²) in [7, 11) is 0. The monoisotopic (exact) mass is 192 g/mol. The standard InChI is InChI=1S/C9H5ClN2O/c10-8-2-6-4-12-9(13)7(6)1-5(8)3-11/h1-2H,4H2,(H,12,13). The fourth-order valence-corrected chi connectivity index (χ4v) is 1.56. The summed E-state index contributed by atoms with van der Waals surface area (Å²) in [6.45, 7) is 0.500. The van der Waals surface area contributed by atoms with Crippen molar-refractivity contribution >= 4 is 17.5 Å². The van der Waals surface area contributed by atoms with E-state index in [0.29, 0.717) is 22.7 Å². The van der Waals surface area contributed by atoms with Crippen LogP contribution in [-0.4, -0.2) is 5.91 Å². The minimum absolute atomic E-state index is 0.136. The summed E-state index contributed by atoms with van der Waals surface area (Å²) in [5.74, 6) is -0.136. The van der Waals surface area contributed by atoms with E-state index in [1.807, 2.05) is 6.07 Å². The number of carbonyl (C=O) groups excluding carboxylic acids is 1. The lowest BCUT2D eigenvalue weighted by Gasteiger charge is -1.98. The predicted octanol–water partition coefficient (Wildman–Crippen LogP) is 1.46. The lowest BCUT2D eigenvalue weighted by molar-refractivity contribution is 0.0966. The Kier molecular flexibility index (Phi) is 1.71. The van der Waals surface area contributed by atoms with Crippen LogP contribution in [0.3, 0.4) is 0 Å². The minimum Gasteiger partial charge on any atom is -0.348 e. The van der Waals surface area contributed by atoms with Gasteiger partial charge in [0.05, 0.1) is 10.6 Å². The third-order valence-electron chi connectivity index (χ3n) is 2.00. The van der Waals surface area contributed by atoms with Crippen molar-refractivity contribution in [1.29, 1.82) is 5.26 Å². The molecular formula is C9H5ClN2O. The van der Waals surface area contributed by atoms with Crippen LogP contribution in [0, 0.1) is 11.3 Å². The van der Waals surface area contributed by atoms with Crippen molar-refractivity contribution in [2.45, 2.75) is 6.54 Å². The Morgan fingerprint density at radius 3 is 3.00 bits per heavy atom. The molecule has 0 bridgehead atoms. The average Bonchev–Trinajstić information content (AvgIpc) is 2.46. The quantitative estimate of drug-likeness (QED) is 0.677. The highest BCUT2D eigenvalue weighted by Crippen LogP contribution is 2.23. The number of benzene rings is 1. The highest BCUT2D eigenvalue weighted by molar-refractivity contribution is 6.32. The molecule has 1 aromatic rings. The zero-order valence-corrected chi connectivity index (χ0v) is 7.35. The first-order chi connectivity index (χ1) is 6.22. The van der Waals surface area contributed by atoms with Crippen LogP contribution in [-0.2, 0) is 6.54 Å². The molecule has 1 aliphatic rings. The molecule has 1 amide bonds. The van der Waals surface area contributed by atoms with E-state index in [9.17, 15) is 4.79 Å². The molecular weight excluding hydrogens is 188 g/mol. The van der Waals surface area contributed by atoms with Gasteiger partial charge in [-0.1, -0.05) is 11.6 Å². The molecule has 0 radical (unpaired) electrons. The van der Waals surface area contributed by atoms with Gasteiger partial charge in [0.25, 0.3) is 5.91 Å². The van der Waals surface area contributed by atoms with Crippen molar-refractivity contribution in [1.82, 2.24) is 5.32 Å². The lowest BCUT2D eigenvalue weighted by atomic mass is 10.1. The molecule has 0 saturated carbocycles. The van der Waals surface area contributed by atoms with Gasteiger partial charge < -0.3 is 5.32 Å². The van der Waals surface area contributed by atoms with E-state index in [0.717, 1.165) is 5.56 Å². The number of fused-ring (bicyclic) bond motifs is 1. The normalized spacial score (nSPS) is 13.4. The van der Waals surface area contributed by atoms with Crippen LogP contribution in [0.15, 0.2) is 12.1 Å². The number of halogens is 1. The fourth-order valence-electron chi connectivity index (χ4n) is 1.33. The van der Waals surface area contributed by atoms with Gasteiger partial charge in [0.2, 0.25) is 0 Å². The highest BCUT2D eigenvalue weighted by Gasteiger charge is 2.20. The van der Waals surface area contributed by atoms with Crippen molar-refractivity contribution in [3.8, 4) is 6.07 Å². The smallest absolute Gasteiger partial charge is 0.251 e. The van der Waals surface area contributed by atoms with Gasteiger partial charge in [-0.15, -0.1) is 0 Å². The number of nitrogens with one attached hydrogen (secondary N) is 1. The first-order valence-corrected chi connectivity index (χ1v) is 4.11. The van der Waals surface area contributed by atoms with Crippen LogP contribution in [0.5, 0.6) is 0 Å². The first kappa shape index (κ1) is 8.09. The van der Waals surface area contributed by atoms with Crippen LogP contribution in [0.1, 0.15) is 21.5 Å². The van der Waals surface area contributed by atoms with E-state index in [2.05, 4.69) is 5.32 Å². The Bertz CT molecular complexity index is 434. The van der Waals surface area contributed by atoms with Gasteiger partial charge in [-0.3, -0.25) is 4.79 Å². The van der Waals surface area contributed by atoms with E-state index < -0.39 is 0 Å². The Morgan fingerprint density at radius 2 is 2.31 bits per heavy atom. The number of carbonyl (C=O) groups is 1. The van der Waals surface area contributed by atoms with Gasteiger partial charge in [-0.25, -0.2) is 0 Å². The third-order valence-corrected chi connectivity index (χ3v) is 2.31. The Morgan fingerprint density at radius 1 is 1.54 bits per heavy atom. The molecule has 4 heteroatoms. The van der Waals surface area contributed by atoms with Crippen molar-refractivity contribution in [3.05, 3.63) is 33.8 Å². The Hall–Kier alpha value is -1.53. The number of nitrogens with zero attached hydrogens (tertiary/aromatic N) is 1. The van der Waals surface area contributed by atoms with Crippen molar-refractivity contribution in [3.63, 3.8) is 0 Å². The lowest BCUT2D eigenvalue weighted by Crippen LogP contribution is -2.12. The second kappa shape index (κ2) is 2.75. The summed E-state index contributed by atoms with van der Waals surface area (Å²) >= 11 is 5.79. The van der Waals surface area contributed by atoms with Gasteiger partial charge in [0.15, 0.2) is 0 Å². The topological polar surface area (TPSA) is 52.9 Å². The molecule has 0 aromatic heterocycles. The van der Waals surface area contributed by atoms with E-state index in [4.69, 9.17) is 16.9 Å². The van der Waals surface area contributed by atoms with Crippen LogP contribution >= 0.6 is 11.6 Å². The maximum absolute atomic E-state index is 11.2. The number of rotatable bonds is 0. The molecule has 64 valence electrons. The summed E-state index contributed by atoms with van der Waals surface area (Å²) < 4.78 is 0. The first-order valence-electron chi connectivity index (χ1n) is 3.73. The SMILES string of the molecule is N#Cc1cc2c(cc1Cl)CNC2=O. The van der Waals surface area contributed by atoms with Gasteiger partial charge in [-0.2, -0.15) is 5.26 Å². The largest absolute Gasteiger partial charge is 0.348 e.